The van der Waals surface area contributed by atoms with Gasteiger partial charge in [-0.05, 0) is 24.3 Å². The molecule has 0 bridgehead atoms. The summed E-state index contributed by atoms with van der Waals surface area (Å²) >= 11 is 0. The average Bonchev–Trinajstić information content (AvgIpc) is 3.00. The molecule has 0 atom stereocenters. The Morgan fingerprint density at radius 1 is 1.12 bits per heavy atom. The van der Waals surface area contributed by atoms with Gasteiger partial charge in [-0.25, -0.2) is 4.68 Å². The average molecular weight is 229 g/mol. The zero-order chi connectivity index (χ0) is 11.7. The zero-order valence-electron chi connectivity index (χ0n) is 8.93. The van der Waals surface area contributed by atoms with E-state index in [1.165, 1.54) is 0 Å². The molecule has 1 aliphatic rings. The Hall–Kier alpha value is -2.63. The van der Waals surface area contributed by atoms with Gasteiger partial charge in [0.15, 0.2) is 6.34 Å². The molecule has 6 heteroatoms. The Morgan fingerprint density at radius 3 is 2.71 bits per heavy atom. The van der Waals surface area contributed by atoms with Gasteiger partial charge in [-0.2, -0.15) is 15.8 Å². The summed E-state index contributed by atoms with van der Waals surface area (Å²) < 4.78 is 1.85. The minimum atomic E-state index is 0.212. The molecule has 3 rings (SSSR count). The van der Waals surface area contributed by atoms with Crippen molar-refractivity contribution in [2.45, 2.75) is 0 Å². The minimum absolute atomic E-state index is 0.212. The lowest BCUT2D eigenvalue weighted by Crippen LogP contribution is -2.49. The molecule has 0 spiro atoms. The van der Waals surface area contributed by atoms with E-state index in [-0.39, 0.29) is 5.75 Å². The van der Waals surface area contributed by atoms with E-state index in [1.807, 2.05) is 35.3 Å². The van der Waals surface area contributed by atoms with Crippen molar-refractivity contribution in [2.75, 3.05) is 10.2 Å². The van der Waals surface area contributed by atoms with Crippen LogP contribution in [0.5, 0.6) is 5.75 Å². The fourth-order valence-electron chi connectivity index (χ4n) is 1.66. The van der Waals surface area contributed by atoms with Crippen molar-refractivity contribution >= 4 is 12.0 Å². The Morgan fingerprint density at radius 2 is 1.94 bits per heavy atom. The van der Waals surface area contributed by atoms with Crippen LogP contribution in [0.1, 0.15) is 0 Å². The molecule has 1 aromatic carbocycles. The number of hydrazine groups is 2. The second kappa shape index (κ2) is 3.75. The van der Waals surface area contributed by atoms with Crippen molar-refractivity contribution in [3.8, 4) is 5.75 Å². The predicted molar refractivity (Wildman–Crippen MR) is 64.9 cm³/mol. The van der Waals surface area contributed by atoms with Crippen molar-refractivity contribution in [3.05, 3.63) is 48.8 Å². The number of nitrogens with one attached hydrogen (secondary N) is 1. The van der Waals surface area contributed by atoms with Crippen molar-refractivity contribution in [1.29, 1.82) is 0 Å². The topological polar surface area (TPSA) is 56.0 Å². The Balaban J connectivity index is 1.94. The summed E-state index contributed by atoms with van der Waals surface area (Å²) in [5.41, 5.74) is 3.62. The van der Waals surface area contributed by atoms with Gasteiger partial charge in [0, 0.05) is 18.5 Å². The molecule has 2 heterocycles. The fourth-order valence-corrected chi connectivity index (χ4v) is 1.66. The van der Waals surface area contributed by atoms with Gasteiger partial charge in [0.2, 0.25) is 0 Å². The number of benzene rings is 1. The highest BCUT2D eigenvalue weighted by atomic mass is 16.3. The zero-order valence-corrected chi connectivity index (χ0v) is 8.93. The van der Waals surface area contributed by atoms with Gasteiger partial charge in [0.25, 0.3) is 0 Å². The van der Waals surface area contributed by atoms with Gasteiger partial charge in [-0.15, -0.1) is 5.10 Å². The number of aromatic hydroxyl groups is 1. The summed E-state index contributed by atoms with van der Waals surface area (Å²) in [6.45, 7) is 0. The molecule has 1 aliphatic heterocycles. The quantitative estimate of drug-likeness (QED) is 0.807. The number of rotatable bonds is 2. The van der Waals surface area contributed by atoms with Gasteiger partial charge < -0.3 is 5.11 Å². The second-order valence-corrected chi connectivity index (χ2v) is 3.56. The smallest absolute Gasteiger partial charge is 0.158 e. The Bertz CT molecular complexity index is 537. The molecule has 0 saturated heterocycles. The summed E-state index contributed by atoms with van der Waals surface area (Å²) in [7, 11) is 0. The normalized spacial score (nSPS) is 14.1. The number of anilines is 1. The van der Waals surface area contributed by atoms with Gasteiger partial charge in [-0.3, -0.25) is 0 Å². The summed E-state index contributed by atoms with van der Waals surface area (Å²) in [6.07, 6.45) is 5.44. The summed E-state index contributed by atoms with van der Waals surface area (Å²) in [5, 5.41) is 16.9. The van der Waals surface area contributed by atoms with E-state index in [9.17, 15) is 5.11 Å². The minimum Gasteiger partial charge on any atom is -0.508 e. The first-order valence-corrected chi connectivity index (χ1v) is 5.15. The highest BCUT2D eigenvalue weighted by Crippen LogP contribution is 2.20. The molecular formula is C11H11N5O. The molecule has 1 aromatic heterocycles. The van der Waals surface area contributed by atoms with Crippen LogP contribution < -0.4 is 15.8 Å². The molecule has 0 unspecified atom stereocenters. The lowest BCUT2D eigenvalue weighted by molar-refractivity contribution is 0.474. The van der Waals surface area contributed by atoms with Crippen LogP contribution in [-0.4, -0.2) is 16.1 Å². The van der Waals surface area contributed by atoms with E-state index in [1.54, 1.807) is 34.8 Å². The SMILES string of the molecule is Oc1cccc(N2NN=CN2n2cccc2)c1. The van der Waals surface area contributed by atoms with E-state index in [4.69, 9.17) is 0 Å². The molecule has 17 heavy (non-hydrogen) atoms. The number of phenolic OH excluding ortho intramolecular Hbond substituents is 1. The molecule has 0 radical (unpaired) electrons. The van der Waals surface area contributed by atoms with E-state index in [0.29, 0.717) is 0 Å². The number of phenols is 1. The highest BCUT2D eigenvalue weighted by Gasteiger charge is 2.19. The summed E-state index contributed by atoms with van der Waals surface area (Å²) in [4.78, 5) is 0. The van der Waals surface area contributed by atoms with Crippen molar-refractivity contribution < 1.29 is 5.11 Å². The Labute approximate surface area is 97.9 Å². The molecule has 0 amide bonds. The molecular weight excluding hydrogens is 218 g/mol. The van der Waals surface area contributed by atoms with E-state index >= 15 is 0 Å². The number of nitrogens with zero attached hydrogens (tertiary/aromatic N) is 4. The molecule has 0 fully saturated rings. The van der Waals surface area contributed by atoms with Crippen molar-refractivity contribution in [1.82, 2.24) is 10.2 Å². The third-order valence-corrected chi connectivity index (χ3v) is 2.42. The summed E-state index contributed by atoms with van der Waals surface area (Å²) in [6, 6.07) is 10.8. The van der Waals surface area contributed by atoms with E-state index < -0.39 is 0 Å². The fraction of sp³-hybridized carbons (Fsp3) is 0. The van der Waals surface area contributed by atoms with Crippen LogP contribution >= 0.6 is 0 Å². The summed E-state index contributed by atoms with van der Waals surface area (Å²) in [5.74, 6) is 0.212. The van der Waals surface area contributed by atoms with Gasteiger partial charge in [-0.1, -0.05) is 6.07 Å². The maximum atomic E-state index is 9.47. The van der Waals surface area contributed by atoms with Crippen LogP contribution in [0.4, 0.5) is 5.69 Å². The van der Waals surface area contributed by atoms with E-state index in [2.05, 4.69) is 10.6 Å². The van der Waals surface area contributed by atoms with Crippen LogP contribution in [0.25, 0.3) is 0 Å². The maximum absolute atomic E-state index is 9.47. The number of hydrogen-bond donors (Lipinski definition) is 2. The maximum Gasteiger partial charge on any atom is 0.158 e. The molecule has 86 valence electrons. The van der Waals surface area contributed by atoms with Crippen LogP contribution in [0.15, 0.2) is 53.9 Å². The number of hydrazone groups is 1. The largest absolute Gasteiger partial charge is 0.508 e. The monoisotopic (exact) mass is 229 g/mol. The lowest BCUT2D eigenvalue weighted by Gasteiger charge is -2.28. The third-order valence-electron chi connectivity index (χ3n) is 2.42. The first kappa shape index (κ1) is 9.59. The first-order chi connectivity index (χ1) is 8.34. The highest BCUT2D eigenvalue weighted by molar-refractivity contribution is 5.74. The molecule has 6 nitrogen and oxygen atoms in total. The van der Waals surface area contributed by atoms with Crippen LogP contribution in [0, 0.1) is 0 Å². The van der Waals surface area contributed by atoms with Crippen molar-refractivity contribution in [3.63, 3.8) is 0 Å². The molecule has 2 N–H and O–H groups in total. The predicted octanol–water partition coefficient (Wildman–Crippen LogP) is 1.01. The van der Waals surface area contributed by atoms with Gasteiger partial charge in [0.1, 0.15) is 5.75 Å². The number of hydrogen-bond acceptors (Lipinski definition) is 5. The van der Waals surface area contributed by atoms with Crippen LogP contribution in [0.3, 0.4) is 0 Å². The molecule has 0 aliphatic carbocycles. The standard InChI is InChI=1S/C11H11N5O/c17-11-5-3-4-10(8-11)16-13-12-9-15(16)14-6-1-2-7-14/h1-9,13,17H. The van der Waals surface area contributed by atoms with Gasteiger partial charge in [0.05, 0.1) is 5.69 Å². The van der Waals surface area contributed by atoms with Crippen molar-refractivity contribution in [2.24, 2.45) is 5.10 Å². The van der Waals surface area contributed by atoms with Crippen LogP contribution in [0.2, 0.25) is 0 Å². The second-order valence-electron chi connectivity index (χ2n) is 3.56. The Kier molecular flexibility index (Phi) is 2.11. The van der Waals surface area contributed by atoms with E-state index in [0.717, 1.165) is 5.69 Å². The molecule has 2 aromatic rings. The van der Waals surface area contributed by atoms with Crippen LogP contribution in [-0.2, 0) is 0 Å². The third kappa shape index (κ3) is 1.65. The number of aromatic nitrogens is 1. The van der Waals surface area contributed by atoms with Gasteiger partial charge >= 0.3 is 0 Å². The molecule has 0 saturated carbocycles. The lowest BCUT2D eigenvalue weighted by atomic mass is 10.3. The first-order valence-electron chi connectivity index (χ1n) is 5.15.